The lowest BCUT2D eigenvalue weighted by molar-refractivity contribution is -0.494. The summed E-state index contributed by atoms with van der Waals surface area (Å²) in [7, 11) is 3.96. The summed E-state index contributed by atoms with van der Waals surface area (Å²) in [5, 5.41) is 1.30. The van der Waals surface area contributed by atoms with Crippen molar-refractivity contribution in [3.05, 3.63) is 29.8 Å². The maximum absolute atomic E-state index is 5.54. The summed E-state index contributed by atoms with van der Waals surface area (Å²) in [4.78, 5) is 0. The van der Waals surface area contributed by atoms with Crippen LogP contribution in [0.15, 0.2) is 24.3 Å². The van der Waals surface area contributed by atoms with E-state index in [1.165, 1.54) is 100 Å². The molecule has 0 atom stereocenters. The van der Waals surface area contributed by atoms with Crippen LogP contribution >= 0.6 is 11.8 Å². The molecule has 0 bridgehead atoms. The lowest BCUT2D eigenvalue weighted by Crippen LogP contribution is -2.17. The highest BCUT2D eigenvalue weighted by Gasteiger charge is 2.17. The van der Waals surface area contributed by atoms with E-state index in [2.05, 4.69) is 36.9 Å². The second-order valence-electron chi connectivity index (χ2n) is 8.23. The quantitative estimate of drug-likeness (QED) is 0.110. The van der Waals surface area contributed by atoms with Crippen molar-refractivity contribution < 1.29 is 9.31 Å². The van der Waals surface area contributed by atoms with Crippen molar-refractivity contribution in [1.29, 1.82) is 0 Å². The SMILES string of the molecule is CCCCCCCCCCCCCCCC[N+](C)=C(SC)c1ccccc1OC. The highest BCUT2D eigenvalue weighted by Crippen LogP contribution is 2.22. The molecule has 0 heterocycles. The molecule has 0 spiro atoms. The Morgan fingerprint density at radius 2 is 1.28 bits per heavy atom. The van der Waals surface area contributed by atoms with Gasteiger partial charge >= 0.3 is 0 Å². The fourth-order valence-electron chi connectivity index (χ4n) is 3.94. The second-order valence-corrected chi connectivity index (χ2v) is 9.02. The first-order valence-electron chi connectivity index (χ1n) is 12.0. The molecule has 0 N–H and O–H groups in total. The summed E-state index contributed by atoms with van der Waals surface area (Å²) in [5.41, 5.74) is 1.20. The molecule has 0 aromatic heterocycles. The van der Waals surface area contributed by atoms with Gasteiger partial charge in [-0.2, -0.15) is 0 Å². The molecule has 0 fully saturated rings. The van der Waals surface area contributed by atoms with E-state index in [4.69, 9.17) is 4.74 Å². The molecule has 1 aromatic carbocycles. The smallest absolute Gasteiger partial charge is 0.245 e. The van der Waals surface area contributed by atoms with Crippen molar-refractivity contribution in [3.63, 3.8) is 0 Å². The molecule has 0 saturated carbocycles. The van der Waals surface area contributed by atoms with Crippen LogP contribution in [0.3, 0.4) is 0 Å². The van der Waals surface area contributed by atoms with Gasteiger partial charge in [0.2, 0.25) is 5.04 Å². The summed E-state index contributed by atoms with van der Waals surface area (Å²) in [6.45, 7) is 3.41. The lowest BCUT2D eigenvalue weighted by atomic mass is 10.0. The Hall–Kier alpha value is -0.960. The number of nitrogens with zero attached hydrogens (tertiary/aromatic N) is 1. The first-order chi connectivity index (χ1) is 14.2. The van der Waals surface area contributed by atoms with Crippen LogP contribution in [0.1, 0.15) is 102 Å². The van der Waals surface area contributed by atoms with Gasteiger partial charge in [0.15, 0.2) is 0 Å². The van der Waals surface area contributed by atoms with Crippen LogP contribution in [0.25, 0.3) is 0 Å². The van der Waals surface area contributed by atoms with Gasteiger partial charge in [0.25, 0.3) is 0 Å². The number of para-hydroxylation sites is 1. The molecule has 0 aliphatic carbocycles. The number of rotatable bonds is 17. The van der Waals surface area contributed by atoms with Gasteiger partial charge in [-0.1, -0.05) is 108 Å². The molecule has 0 saturated heterocycles. The minimum absolute atomic E-state index is 0.963. The van der Waals surface area contributed by atoms with E-state index in [0.717, 1.165) is 12.3 Å². The first kappa shape index (κ1) is 26.1. The van der Waals surface area contributed by atoms with Crippen molar-refractivity contribution in [1.82, 2.24) is 0 Å². The van der Waals surface area contributed by atoms with Crippen molar-refractivity contribution in [2.75, 3.05) is 27.0 Å². The van der Waals surface area contributed by atoms with Crippen LogP contribution in [0, 0.1) is 0 Å². The predicted molar refractivity (Wildman–Crippen MR) is 132 cm³/mol. The normalized spacial score (nSPS) is 12.1. The van der Waals surface area contributed by atoms with Gasteiger partial charge in [-0.05, 0) is 24.8 Å². The highest BCUT2D eigenvalue weighted by molar-refractivity contribution is 8.13. The number of hydrogen-bond acceptors (Lipinski definition) is 2. The zero-order chi connectivity index (χ0) is 21.2. The van der Waals surface area contributed by atoms with E-state index in [1.807, 2.05) is 23.9 Å². The molecule has 29 heavy (non-hydrogen) atoms. The fraction of sp³-hybridized carbons (Fsp3) is 0.731. The minimum atomic E-state index is 0.963. The Kier molecular flexibility index (Phi) is 16.1. The standard InChI is InChI=1S/C26H46NOS/c1-5-6-7-8-9-10-11-12-13-14-15-16-17-20-23-27(2)26(29-4)24-21-18-19-22-25(24)28-3/h18-19,21-22H,5-17,20,23H2,1-4H3/q+1. The Balaban J connectivity index is 2.11. The number of thioether (sulfide) groups is 1. The third-order valence-corrected chi connectivity index (χ3v) is 6.64. The molecular weight excluding hydrogens is 374 g/mol. The molecular formula is C26H46NOS+. The molecule has 0 aliphatic heterocycles. The average molecular weight is 421 g/mol. The number of hydrogen-bond donors (Lipinski definition) is 0. The zero-order valence-corrected chi connectivity index (χ0v) is 20.5. The van der Waals surface area contributed by atoms with E-state index < -0.39 is 0 Å². The largest absolute Gasteiger partial charge is 0.496 e. The van der Waals surface area contributed by atoms with Crippen molar-refractivity contribution >= 4 is 16.8 Å². The summed E-state index contributed by atoms with van der Waals surface area (Å²) < 4.78 is 7.94. The van der Waals surface area contributed by atoms with E-state index in [-0.39, 0.29) is 0 Å². The summed E-state index contributed by atoms with van der Waals surface area (Å²) in [6.07, 6.45) is 21.9. The third kappa shape index (κ3) is 11.7. The van der Waals surface area contributed by atoms with Gasteiger partial charge in [0, 0.05) is 6.42 Å². The Labute approximate surface area is 185 Å². The third-order valence-electron chi connectivity index (χ3n) is 5.72. The highest BCUT2D eigenvalue weighted by atomic mass is 32.2. The number of benzene rings is 1. The van der Waals surface area contributed by atoms with Crippen LogP contribution in [0.5, 0.6) is 5.75 Å². The number of methoxy groups -OCH3 is 1. The first-order valence-corrected chi connectivity index (χ1v) is 13.2. The summed E-state index contributed by atoms with van der Waals surface area (Å²) in [6, 6.07) is 8.33. The maximum atomic E-state index is 5.54. The summed E-state index contributed by atoms with van der Waals surface area (Å²) in [5.74, 6) is 0.963. The summed E-state index contributed by atoms with van der Waals surface area (Å²) >= 11 is 1.81. The molecule has 0 radical (unpaired) electrons. The topological polar surface area (TPSA) is 12.2 Å². The van der Waals surface area contributed by atoms with E-state index >= 15 is 0 Å². The molecule has 0 amide bonds. The molecule has 2 nitrogen and oxygen atoms in total. The van der Waals surface area contributed by atoms with Crippen molar-refractivity contribution in [2.45, 2.75) is 96.8 Å². The number of ether oxygens (including phenoxy) is 1. The molecule has 1 aromatic rings. The van der Waals surface area contributed by atoms with Crippen molar-refractivity contribution in [3.8, 4) is 5.75 Å². The fourth-order valence-corrected chi connectivity index (χ4v) is 4.73. The van der Waals surface area contributed by atoms with E-state index in [1.54, 1.807) is 7.11 Å². The van der Waals surface area contributed by atoms with Gasteiger partial charge < -0.3 is 4.74 Å². The second kappa shape index (κ2) is 17.9. The zero-order valence-electron chi connectivity index (χ0n) is 19.7. The van der Waals surface area contributed by atoms with E-state index in [0.29, 0.717) is 0 Å². The van der Waals surface area contributed by atoms with Crippen LogP contribution < -0.4 is 4.74 Å². The van der Waals surface area contributed by atoms with Crippen LogP contribution in [0.4, 0.5) is 0 Å². The van der Waals surface area contributed by atoms with Gasteiger partial charge in [-0.15, -0.1) is 0 Å². The maximum Gasteiger partial charge on any atom is 0.245 e. The average Bonchev–Trinajstić information content (AvgIpc) is 2.75. The predicted octanol–water partition coefficient (Wildman–Crippen LogP) is 7.93. The molecule has 3 heteroatoms. The monoisotopic (exact) mass is 420 g/mol. The molecule has 166 valence electrons. The number of unbranched alkanes of at least 4 members (excludes halogenated alkanes) is 13. The lowest BCUT2D eigenvalue weighted by Gasteiger charge is -2.09. The Bertz CT molecular complexity index is 555. The van der Waals surface area contributed by atoms with Crippen molar-refractivity contribution in [2.24, 2.45) is 0 Å². The Morgan fingerprint density at radius 3 is 1.76 bits per heavy atom. The van der Waals surface area contributed by atoms with Gasteiger partial charge in [0.05, 0.1) is 12.7 Å². The molecule has 0 aliphatic rings. The van der Waals surface area contributed by atoms with Gasteiger partial charge in [-0.25, -0.2) is 4.58 Å². The molecule has 1 rings (SSSR count). The van der Waals surface area contributed by atoms with E-state index in [9.17, 15) is 0 Å². The van der Waals surface area contributed by atoms with Crippen LogP contribution in [-0.2, 0) is 0 Å². The minimum Gasteiger partial charge on any atom is -0.496 e. The molecule has 0 unspecified atom stereocenters. The van der Waals surface area contributed by atoms with Gasteiger partial charge in [-0.3, -0.25) is 0 Å². The van der Waals surface area contributed by atoms with Crippen LogP contribution in [0.2, 0.25) is 0 Å². The van der Waals surface area contributed by atoms with Gasteiger partial charge in [0.1, 0.15) is 19.3 Å². The van der Waals surface area contributed by atoms with Crippen LogP contribution in [-0.4, -0.2) is 36.6 Å². The Morgan fingerprint density at radius 1 is 0.793 bits per heavy atom.